The second-order valence-electron chi connectivity index (χ2n) is 8.48. The molecule has 0 aliphatic rings. The normalized spacial score (nSPS) is 10.9. The third kappa shape index (κ3) is 6.04. The summed E-state index contributed by atoms with van der Waals surface area (Å²) in [6, 6.07) is 21.5. The number of aromatic nitrogens is 2. The van der Waals surface area contributed by atoms with E-state index in [4.69, 9.17) is 19.2 Å². The van der Waals surface area contributed by atoms with Crippen LogP contribution in [0.1, 0.15) is 45.2 Å². The lowest BCUT2D eigenvalue weighted by Crippen LogP contribution is -2.05. The van der Waals surface area contributed by atoms with Crippen LogP contribution in [0.3, 0.4) is 0 Å². The van der Waals surface area contributed by atoms with Crippen LogP contribution in [0.4, 0.5) is 0 Å². The fourth-order valence-electron chi connectivity index (χ4n) is 3.99. The number of methoxy groups -OCH3 is 2. The fraction of sp³-hybridized carbons (Fsp3) is 0.194. The highest BCUT2D eigenvalue weighted by atomic mass is 16.5. The Labute approximate surface area is 217 Å². The Morgan fingerprint density at radius 1 is 0.946 bits per heavy atom. The molecule has 2 aromatic carbocycles. The predicted molar refractivity (Wildman–Crippen MR) is 146 cm³/mol. The molecule has 37 heavy (non-hydrogen) atoms. The number of carbonyl (C=O) groups excluding carboxylic acids is 1. The lowest BCUT2D eigenvalue weighted by molar-refractivity contribution is 0.0600. The Bertz CT molecular complexity index is 1410. The zero-order valence-electron chi connectivity index (χ0n) is 21.5. The summed E-state index contributed by atoms with van der Waals surface area (Å²) in [5, 5.41) is 0. The number of nitrogens with zero attached hydrogens (tertiary/aromatic N) is 2. The van der Waals surface area contributed by atoms with Crippen molar-refractivity contribution in [2.75, 3.05) is 14.2 Å². The van der Waals surface area contributed by atoms with E-state index in [1.54, 1.807) is 13.3 Å². The molecule has 0 spiro atoms. The summed E-state index contributed by atoms with van der Waals surface area (Å²) in [7, 11) is 2.98. The average molecular weight is 495 g/mol. The van der Waals surface area contributed by atoms with Gasteiger partial charge in [0.05, 0.1) is 25.3 Å². The largest absolute Gasteiger partial charge is 0.486 e. The quantitative estimate of drug-likeness (QED) is 0.246. The maximum atomic E-state index is 12.4. The molecule has 0 unspecified atom stereocenters. The first-order chi connectivity index (χ1) is 18.0. The Hall–Kier alpha value is -4.45. The highest BCUT2D eigenvalue weighted by Gasteiger charge is 2.19. The molecule has 6 heteroatoms. The summed E-state index contributed by atoms with van der Waals surface area (Å²) in [6.07, 6.45) is 6.26. The minimum absolute atomic E-state index is 0.363. The number of carbonyl (C=O) groups is 1. The minimum atomic E-state index is -0.381. The molecule has 0 fully saturated rings. The number of hydrogen-bond acceptors (Lipinski definition) is 6. The standard InChI is InChI=1S/C31H30N2O4/c1-5-25-19-24(16-15-23-14-13-21(2)18-27(23)31(34)36-4)29(37-20-22-10-7-6-8-11-22)28(33-25)26-12-9-17-32-30(26)35-3/h6-19H,5,20H2,1-4H3/b16-15+. The highest BCUT2D eigenvalue weighted by Crippen LogP contribution is 2.38. The second kappa shape index (κ2) is 12.0. The first-order valence-corrected chi connectivity index (χ1v) is 12.1. The molecule has 2 heterocycles. The first-order valence-electron chi connectivity index (χ1n) is 12.1. The van der Waals surface area contributed by atoms with Crippen molar-refractivity contribution in [3.63, 3.8) is 0 Å². The smallest absolute Gasteiger partial charge is 0.338 e. The van der Waals surface area contributed by atoms with Crippen molar-refractivity contribution in [3.8, 4) is 22.9 Å². The van der Waals surface area contributed by atoms with Crippen LogP contribution in [0.15, 0.2) is 72.9 Å². The van der Waals surface area contributed by atoms with Crippen LogP contribution in [0, 0.1) is 6.92 Å². The molecule has 0 atom stereocenters. The van der Waals surface area contributed by atoms with E-state index < -0.39 is 0 Å². The van der Waals surface area contributed by atoms with E-state index in [0.29, 0.717) is 29.5 Å². The van der Waals surface area contributed by atoms with Gasteiger partial charge in [0.2, 0.25) is 5.88 Å². The Balaban J connectivity index is 1.86. The number of benzene rings is 2. The van der Waals surface area contributed by atoms with Crippen molar-refractivity contribution < 1.29 is 19.0 Å². The summed E-state index contributed by atoms with van der Waals surface area (Å²) >= 11 is 0. The van der Waals surface area contributed by atoms with E-state index in [1.165, 1.54) is 7.11 Å². The number of esters is 1. The molecule has 4 aromatic rings. The molecule has 0 radical (unpaired) electrons. The second-order valence-corrected chi connectivity index (χ2v) is 8.48. The molecule has 0 aliphatic carbocycles. The van der Waals surface area contributed by atoms with Gasteiger partial charge in [-0.2, -0.15) is 0 Å². The van der Waals surface area contributed by atoms with Gasteiger partial charge in [-0.25, -0.2) is 14.8 Å². The molecule has 6 nitrogen and oxygen atoms in total. The van der Waals surface area contributed by atoms with Gasteiger partial charge >= 0.3 is 5.97 Å². The number of pyridine rings is 2. The molecule has 0 amide bonds. The summed E-state index contributed by atoms with van der Waals surface area (Å²) in [5.41, 5.74) is 6.39. The number of aryl methyl sites for hydroxylation is 2. The van der Waals surface area contributed by atoms with Gasteiger partial charge in [0, 0.05) is 17.5 Å². The van der Waals surface area contributed by atoms with Crippen molar-refractivity contribution in [2.45, 2.75) is 26.9 Å². The topological polar surface area (TPSA) is 70.5 Å². The monoisotopic (exact) mass is 494 g/mol. The SMILES string of the molecule is CCc1cc(/C=C/c2ccc(C)cc2C(=O)OC)c(OCc2ccccc2)c(-c2cccnc2OC)n1. The van der Waals surface area contributed by atoms with E-state index in [2.05, 4.69) is 11.9 Å². The Morgan fingerprint density at radius 2 is 1.73 bits per heavy atom. The van der Waals surface area contributed by atoms with Gasteiger partial charge in [0.25, 0.3) is 0 Å². The molecule has 0 saturated heterocycles. The summed E-state index contributed by atoms with van der Waals surface area (Å²) in [5.74, 6) is 0.693. The van der Waals surface area contributed by atoms with Crippen molar-refractivity contribution in [1.82, 2.24) is 9.97 Å². The van der Waals surface area contributed by atoms with Gasteiger partial charge in [-0.3, -0.25) is 0 Å². The van der Waals surface area contributed by atoms with E-state index >= 15 is 0 Å². The van der Waals surface area contributed by atoms with Crippen LogP contribution in [0.5, 0.6) is 11.6 Å². The zero-order chi connectivity index (χ0) is 26.2. The molecule has 188 valence electrons. The van der Waals surface area contributed by atoms with Crippen LogP contribution < -0.4 is 9.47 Å². The summed E-state index contributed by atoms with van der Waals surface area (Å²) in [4.78, 5) is 21.7. The molecule has 4 rings (SSSR count). The minimum Gasteiger partial charge on any atom is -0.486 e. The predicted octanol–water partition coefficient (Wildman–Crippen LogP) is 6.56. The third-order valence-corrected chi connectivity index (χ3v) is 5.92. The van der Waals surface area contributed by atoms with Crippen molar-refractivity contribution in [3.05, 3.63) is 106 Å². The van der Waals surface area contributed by atoms with Gasteiger partial charge < -0.3 is 14.2 Å². The summed E-state index contributed by atoms with van der Waals surface area (Å²) < 4.78 is 17.0. The molecular weight excluding hydrogens is 464 g/mol. The van der Waals surface area contributed by atoms with Gasteiger partial charge in [-0.15, -0.1) is 0 Å². The molecule has 0 aliphatic heterocycles. The van der Waals surface area contributed by atoms with E-state index in [-0.39, 0.29) is 5.97 Å². The zero-order valence-corrected chi connectivity index (χ0v) is 21.5. The maximum absolute atomic E-state index is 12.4. The van der Waals surface area contributed by atoms with E-state index in [1.807, 2.05) is 85.8 Å². The average Bonchev–Trinajstić information content (AvgIpc) is 2.95. The Kier molecular flexibility index (Phi) is 8.31. The highest BCUT2D eigenvalue weighted by molar-refractivity contribution is 5.95. The van der Waals surface area contributed by atoms with Crippen molar-refractivity contribution in [2.24, 2.45) is 0 Å². The van der Waals surface area contributed by atoms with Crippen LogP contribution >= 0.6 is 0 Å². The number of rotatable bonds is 9. The van der Waals surface area contributed by atoms with Crippen LogP contribution in [-0.4, -0.2) is 30.2 Å². The third-order valence-electron chi connectivity index (χ3n) is 5.92. The first kappa shape index (κ1) is 25.6. The molecular formula is C31H30N2O4. The van der Waals surface area contributed by atoms with Crippen molar-refractivity contribution in [1.29, 1.82) is 0 Å². The molecule has 2 aromatic heterocycles. The van der Waals surface area contributed by atoms with Crippen LogP contribution in [0.25, 0.3) is 23.4 Å². The maximum Gasteiger partial charge on any atom is 0.338 e. The lowest BCUT2D eigenvalue weighted by atomic mass is 10.0. The van der Waals surface area contributed by atoms with E-state index in [9.17, 15) is 4.79 Å². The Morgan fingerprint density at radius 3 is 2.46 bits per heavy atom. The molecule has 0 saturated carbocycles. The van der Waals surface area contributed by atoms with Gasteiger partial charge in [0.15, 0.2) is 5.75 Å². The van der Waals surface area contributed by atoms with Crippen LogP contribution in [-0.2, 0) is 17.8 Å². The van der Waals surface area contributed by atoms with Crippen LogP contribution in [0.2, 0.25) is 0 Å². The van der Waals surface area contributed by atoms with Gasteiger partial charge in [-0.1, -0.05) is 67.1 Å². The van der Waals surface area contributed by atoms with Gasteiger partial charge in [0.1, 0.15) is 12.3 Å². The summed E-state index contributed by atoms with van der Waals surface area (Å²) in [6.45, 7) is 4.36. The molecule has 0 N–H and O–H groups in total. The lowest BCUT2D eigenvalue weighted by Gasteiger charge is -2.17. The fourth-order valence-corrected chi connectivity index (χ4v) is 3.99. The number of ether oxygens (including phenoxy) is 3. The van der Waals surface area contributed by atoms with Crippen molar-refractivity contribution >= 4 is 18.1 Å². The number of hydrogen-bond donors (Lipinski definition) is 0. The molecule has 0 bridgehead atoms. The van der Waals surface area contributed by atoms with E-state index in [0.717, 1.165) is 39.9 Å². The van der Waals surface area contributed by atoms with Gasteiger partial charge in [-0.05, 0) is 48.7 Å².